The van der Waals surface area contributed by atoms with Crippen LogP contribution < -0.4 is 21.3 Å². The van der Waals surface area contributed by atoms with Crippen molar-refractivity contribution in [1.82, 2.24) is 16.0 Å². The molecule has 116 valence electrons. The number of nitrogens with one attached hydrogen (secondary N) is 4. The Balaban J connectivity index is 2.16. The monoisotopic (exact) mass is 292 g/mol. The number of benzene rings is 1. The summed E-state index contributed by atoms with van der Waals surface area (Å²) in [5.74, 6) is -0.201. The van der Waals surface area contributed by atoms with Gasteiger partial charge in [0.25, 0.3) is 0 Å². The van der Waals surface area contributed by atoms with E-state index in [1.165, 1.54) is 0 Å². The molecule has 0 spiro atoms. The third kappa shape index (κ3) is 7.94. The van der Waals surface area contributed by atoms with Gasteiger partial charge in [-0.3, -0.25) is 4.79 Å². The Morgan fingerprint density at radius 3 is 2.62 bits per heavy atom. The van der Waals surface area contributed by atoms with E-state index in [1.54, 1.807) is 6.07 Å². The number of carbonyl (C=O) groups excluding carboxylic acids is 2. The highest BCUT2D eigenvalue weighted by Crippen LogP contribution is 2.08. The molecule has 1 aromatic carbocycles. The molecule has 0 aliphatic carbocycles. The number of urea groups is 1. The molecule has 6 nitrogen and oxygen atoms in total. The average Bonchev–Trinajstić information content (AvgIpc) is 2.45. The SMILES string of the molecule is CCCNCCNC(=O)CNC(=O)Nc1cccc(C)c1. The summed E-state index contributed by atoms with van der Waals surface area (Å²) in [6, 6.07) is 7.08. The highest BCUT2D eigenvalue weighted by molar-refractivity contribution is 5.92. The predicted octanol–water partition coefficient (Wildman–Crippen LogP) is 1.23. The van der Waals surface area contributed by atoms with Crippen molar-refractivity contribution in [1.29, 1.82) is 0 Å². The lowest BCUT2D eigenvalue weighted by Crippen LogP contribution is -2.41. The molecule has 0 saturated carbocycles. The van der Waals surface area contributed by atoms with Gasteiger partial charge >= 0.3 is 6.03 Å². The Morgan fingerprint density at radius 1 is 1.10 bits per heavy atom. The van der Waals surface area contributed by atoms with Crippen LogP contribution in [-0.4, -0.2) is 38.1 Å². The summed E-state index contributed by atoms with van der Waals surface area (Å²) >= 11 is 0. The first-order valence-electron chi connectivity index (χ1n) is 7.20. The summed E-state index contributed by atoms with van der Waals surface area (Å²) in [5.41, 5.74) is 1.77. The van der Waals surface area contributed by atoms with Crippen molar-refractivity contribution < 1.29 is 9.59 Å². The lowest BCUT2D eigenvalue weighted by molar-refractivity contribution is -0.120. The van der Waals surface area contributed by atoms with Gasteiger partial charge in [0.05, 0.1) is 6.54 Å². The summed E-state index contributed by atoms with van der Waals surface area (Å²) in [4.78, 5) is 23.1. The minimum Gasteiger partial charge on any atom is -0.353 e. The maximum Gasteiger partial charge on any atom is 0.319 e. The summed E-state index contributed by atoms with van der Waals surface area (Å²) in [6.07, 6.45) is 1.06. The maximum absolute atomic E-state index is 11.6. The second-order valence-corrected chi connectivity index (χ2v) is 4.78. The van der Waals surface area contributed by atoms with Crippen molar-refractivity contribution in [3.8, 4) is 0 Å². The van der Waals surface area contributed by atoms with Gasteiger partial charge in [0.1, 0.15) is 0 Å². The number of hydrogen-bond acceptors (Lipinski definition) is 3. The zero-order valence-electron chi connectivity index (χ0n) is 12.7. The number of hydrogen-bond donors (Lipinski definition) is 4. The predicted molar refractivity (Wildman–Crippen MR) is 84.4 cm³/mol. The Labute approximate surface area is 125 Å². The van der Waals surface area contributed by atoms with Crippen LogP contribution >= 0.6 is 0 Å². The maximum atomic E-state index is 11.6. The zero-order chi connectivity index (χ0) is 15.5. The third-order valence-electron chi connectivity index (χ3n) is 2.74. The summed E-state index contributed by atoms with van der Waals surface area (Å²) < 4.78 is 0. The lowest BCUT2D eigenvalue weighted by Gasteiger charge is -2.09. The van der Waals surface area contributed by atoms with Crippen LogP contribution in [0.15, 0.2) is 24.3 Å². The van der Waals surface area contributed by atoms with Crippen LogP contribution in [0.25, 0.3) is 0 Å². The Morgan fingerprint density at radius 2 is 1.90 bits per heavy atom. The lowest BCUT2D eigenvalue weighted by atomic mass is 10.2. The number of aryl methyl sites for hydroxylation is 1. The molecular weight excluding hydrogens is 268 g/mol. The fraction of sp³-hybridized carbons (Fsp3) is 0.467. The van der Waals surface area contributed by atoms with Crippen molar-refractivity contribution in [2.45, 2.75) is 20.3 Å². The van der Waals surface area contributed by atoms with Gasteiger partial charge in [0.15, 0.2) is 0 Å². The van der Waals surface area contributed by atoms with Gasteiger partial charge in [-0.25, -0.2) is 4.79 Å². The first-order valence-corrected chi connectivity index (χ1v) is 7.20. The van der Waals surface area contributed by atoms with Crippen LogP contribution in [0.2, 0.25) is 0 Å². The van der Waals surface area contributed by atoms with Gasteiger partial charge in [-0.1, -0.05) is 19.1 Å². The molecule has 0 unspecified atom stereocenters. The smallest absolute Gasteiger partial charge is 0.319 e. The van der Waals surface area contributed by atoms with Crippen molar-refractivity contribution in [2.24, 2.45) is 0 Å². The van der Waals surface area contributed by atoms with E-state index < -0.39 is 0 Å². The molecule has 0 atom stereocenters. The van der Waals surface area contributed by atoms with E-state index in [4.69, 9.17) is 0 Å². The first-order chi connectivity index (χ1) is 10.1. The summed E-state index contributed by atoms with van der Waals surface area (Å²) in [5, 5.41) is 11.1. The number of amides is 3. The number of carbonyl (C=O) groups is 2. The van der Waals surface area contributed by atoms with E-state index >= 15 is 0 Å². The first kappa shape index (κ1) is 17.0. The van der Waals surface area contributed by atoms with E-state index in [9.17, 15) is 9.59 Å². The molecule has 0 radical (unpaired) electrons. The van der Waals surface area contributed by atoms with E-state index in [1.807, 2.05) is 25.1 Å². The molecule has 1 rings (SSSR count). The topological polar surface area (TPSA) is 82.3 Å². The molecule has 21 heavy (non-hydrogen) atoms. The van der Waals surface area contributed by atoms with Crippen LogP contribution in [0.3, 0.4) is 0 Å². The van der Waals surface area contributed by atoms with Crippen molar-refractivity contribution in [3.63, 3.8) is 0 Å². The molecule has 1 aromatic rings. The van der Waals surface area contributed by atoms with Crippen molar-refractivity contribution in [2.75, 3.05) is 31.5 Å². The van der Waals surface area contributed by atoms with Gasteiger partial charge in [-0.15, -0.1) is 0 Å². The molecule has 0 aliphatic rings. The second kappa shape index (κ2) is 9.77. The second-order valence-electron chi connectivity index (χ2n) is 4.78. The molecule has 0 bridgehead atoms. The molecular formula is C15H24N4O2. The average molecular weight is 292 g/mol. The van der Waals surface area contributed by atoms with E-state index in [-0.39, 0.29) is 18.5 Å². The van der Waals surface area contributed by atoms with Crippen LogP contribution in [0.1, 0.15) is 18.9 Å². The molecule has 0 aromatic heterocycles. The summed E-state index contributed by atoms with van der Waals surface area (Å²) in [6.45, 7) is 6.22. The van der Waals surface area contributed by atoms with Gasteiger partial charge in [0.2, 0.25) is 5.91 Å². The normalized spacial score (nSPS) is 10.0. The van der Waals surface area contributed by atoms with Gasteiger partial charge in [0, 0.05) is 18.8 Å². The Bertz CT molecular complexity index is 463. The van der Waals surface area contributed by atoms with Crippen LogP contribution in [0.5, 0.6) is 0 Å². The minimum absolute atomic E-state index is 0.0363. The van der Waals surface area contributed by atoms with Gasteiger partial charge in [-0.05, 0) is 37.6 Å². The van der Waals surface area contributed by atoms with Crippen LogP contribution in [0.4, 0.5) is 10.5 Å². The zero-order valence-corrected chi connectivity index (χ0v) is 12.7. The van der Waals surface area contributed by atoms with Crippen LogP contribution in [0, 0.1) is 6.92 Å². The molecule has 0 fully saturated rings. The van der Waals surface area contributed by atoms with Crippen molar-refractivity contribution in [3.05, 3.63) is 29.8 Å². The van der Waals surface area contributed by atoms with Crippen molar-refractivity contribution >= 4 is 17.6 Å². The van der Waals surface area contributed by atoms with Gasteiger partial charge in [-0.2, -0.15) is 0 Å². The Kier molecular flexibility index (Phi) is 7.89. The number of rotatable bonds is 8. The number of anilines is 1. The molecule has 0 saturated heterocycles. The molecule has 3 amide bonds. The quantitative estimate of drug-likeness (QED) is 0.544. The van der Waals surface area contributed by atoms with Crippen LogP contribution in [-0.2, 0) is 4.79 Å². The molecule has 6 heteroatoms. The van der Waals surface area contributed by atoms with Gasteiger partial charge < -0.3 is 21.3 Å². The highest BCUT2D eigenvalue weighted by atomic mass is 16.2. The van der Waals surface area contributed by atoms with E-state index in [0.717, 1.165) is 25.1 Å². The minimum atomic E-state index is -0.389. The van der Waals surface area contributed by atoms with E-state index in [2.05, 4.69) is 28.2 Å². The largest absolute Gasteiger partial charge is 0.353 e. The third-order valence-corrected chi connectivity index (χ3v) is 2.74. The van der Waals surface area contributed by atoms with E-state index in [0.29, 0.717) is 12.2 Å². The molecule has 0 aliphatic heterocycles. The fourth-order valence-electron chi connectivity index (χ4n) is 1.71. The fourth-order valence-corrected chi connectivity index (χ4v) is 1.71. The molecule has 0 heterocycles. The highest BCUT2D eigenvalue weighted by Gasteiger charge is 2.05. The molecule has 4 N–H and O–H groups in total. The standard InChI is InChI=1S/C15H24N4O2/c1-3-7-16-8-9-17-14(20)11-18-15(21)19-13-6-4-5-12(2)10-13/h4-6,10,16H,3,7-9,11H2,1-2H3,(H,17,20)(H2,18,19,21). The Hall–Kier alpha value is -2.08. The summed E-state index contributed by atoms with van der Waals surface area (Å²) in [7, 11) is 0.